The Morgan fingerprint density at radius 1 is 1.38 bits per heavy atom. The Kier molecular flexibility index (Phi) is 4.78. The van der Waals surface area contributed by atoms with Gasteiger partial charge in [0, 0.05) is 16.3 Å². The first-order valence-electron chi connectivity index (χ1n) is 6.51. The molecule has 0 aliphatic rings. The molecule has 21 heavy (non-hydrogen) atoms. The van der Waals surface area contributed by atoms with Crippen molar-refractivity contribution in [1.29, 1.82) is 0 Å². The number of methoxy groups -OCH3 is 1. The van der Waals surface area contributed by atoms with Crippen molar-refractivity contribution in [3.63, 3.8) is 0 Å². The Morgan fingerprint density at radius 2 is 2.10 bits per heavy atom. The van der Waals surface area contributed by atoms with Crippen LogP contribution in [-0.4, -0.2) is 22.5 Å². The molecule has 0 radical (unpaired) electrons. The molecule has 0 atom stereocenters. The highest BCUT2D eigenvalue weighted by Gasteiger charge is 2.26. The summed E-state index contributed by atoms with van der Waals surface area (Å²) in [4.78, 5) is 13.2. The van der Waals surface area contributed by atoms with Crippen molar-refractivity contribution in [2.24, 2.45) is 0 Å². The molecule has 0 saturated heterocycles. The standard InChI is InChI=1S/C15H17BrN2O2S/c1-15(2,3)14-13(21-18-17-14)12(19)8-9-7-10(20-4)5-6-11(9)16/h5-7H,8H2,1-4H3. The van der Waals surface area contributed by atoms with Gasteiger partial charge in [0.2, 0.25) is 0 Å². The average Bonchev–Trinajstić information content (AvgIpc) is 2.90. The number of rotatable bonds is 4. The van der Waals surface area contributed by atoms with Crippen LogP contribution in [0, 0.1) is 0 Å². The number of Topliss-reactive ketones (excluding diaryl/α,β-unsaturated/α-hetero) is 1. The molecule has 1 aromatic carbocycles. The van der Waals surface area contributed by atoms with E-state index in [1.54, 1.807) is 7.11 Å². The third kappa shape index (κ3) is 3.68. The fourth-order valence-electron chi connectivity index (χ4n) is 1.93. The molecule has 4 nitrogen and oxygen atoms in total. The zero-order valence-corrected chi connectivity index (χ0v) is 14.8. The van der Waals surface area contributed by atoms with E-state index in [9.17, 15) is 4.79 Å². The van der Waals surface area contributed by atoms with E-state index in [1.165, 1.54) is 0 Å². The number of benzene rings is 1. The number of carbonyl (C=O) groups excluding carboxylic acids is 1. The van der Waals surface area contributed by atoms with Crippen LogP contribution in [-0.2, 0) is 11.8 Å². The van der Waals surface area contributed by atoms with Gasteiger partial charge in [0.1, 0.15) is 10.6 Å². The molecule has 0 spiro atoms. The monoisotopic (exact) mass is 368 g/mol. The van der Waals surface area contributed by atoms with Crippen LogP contribution in [0.25, 0.3) is 0 Å². The lowest BCUT2D eigenvalue weighted by molar-refractivity contribution is 0.0994. The first kappa shape index (κ1) is 16.1. The van der Waals surface area contributed by atoms with Gasteiger partial charge in [-0.25, -0.2) is 0 Å². The minimum atomic E-state index is -0.191. The lowest BCUT2D eigenvalue weighted by Crippen LogP contribution is -2.17. The summed E-state index contributed by atoms with van der Waals surface area (Å²) in [6.45, 7) is 6.09. The van der Waals surface area contributed by atoms with Gasteiger partial charge in [0.05, 0.1) is 12.8 Å². The molecule has 1 heterocycles. The first-order chi connectivity index (χ1) is 9.82. The average molecular weight is 369 g/mol. The molecule has 2 rings (SSSR count). The summed E-state index contributed by atoms with van der Waals surface area (Å²) >= 11 is 4.64. The number of hydrogen-bond donors (Lipinski definition) is 0. The Bertz CT molecular complexity index is 662. The van der Waals surface area contributed by atoms with Crippen LogP contribution in [0.4, 0.5) is 0 Å². The second kappa shape index (κ2) is 6.23. The summed E-state index contributed by atoms with van der Waals surface area (Å²) in [5.41, 5.74) is 1.47. The van der Waals surface area contributed by atoms with E-state index in [0.29, 0.717) is 11.3 Å². The molecule has 0 aliphatic heterocycles. The number of ketones is 1. The van der Waals surface area contributed by atoms with Crippen molar-refractivity contribution in [3.05, 3.63) is 38.8 Å². The minimum Gasteiger partial charge on any atom is -0.497 e. The Balaban J connectivity index is 2.29. The Labute approximate surface area is 136 Å². The third-order valence-corrected chi connectivity index (χ3v) is 4.60. The normalized spacial score (nSPS) is 11.5. The van der Waals surface area contributed by atoms with Crippen molar-refractivity contribution >= 4 is 33.2 Å². The summed E-state index contributed by atoms with van der Waals surface area (Å²) in [5.74, 6) is 0.767. The SMILES string of the molecule is COc1ccc(Br)c(CC(=O)c2snnc2C(C)(C)C)c1. The molecule has 112 valence electrons. The smallest absolute Gasteiger partial charge is 0.180 e. The van der Waals surface area contributed by atoms with E-state index in [4.69, 9.17) is 4.74 Å². The van der Waals surface area contributed by atoms with Gasteiger partial charge in [0.15, 0.2) is 5.78 Å². The molecule has 6 heteroatoms. The van der Waals surface area contributed by atoms with E-state index >= 15 is 0 Å². The van der Waals surface area contributed by atoms with Gasteiger partial charge in [0.25, 0.3) is 0 Å². The third-order valence-electron chi connectivity index (χ3n) is 3.06. The lowest BCUT2D eigenvalue weighted by Gasteiger charge is -2.16. The van der Waals surface area contributed by atoms with Crippen LogP contribution >= 0.6 is 27.5 Å². The fourth-order valence-corrected chi connectivity index (χ4v) is 3.13. The second-order valence-corrected chi connectivity index (χ2v) is 7.37. The molecule has 0 amide bonds. The van der Waals surface area contributed by atoms with Gasteiger partial charge < -0.3 is 4.74 Å². The fraction of sp³-hybridized carbons (Fsp3) is 0.400. The second-order valence-electron chi connectivity index (χ2n) is 5.76. The molecule has 0 aliphatic carbocycles. The van der Waals surface area contributed by atoms with Crippen LogP contribution in [0.2, 0.25) is 0 Å². The van der Waals surface area contributed by atoms with Crippen molar-refractivity contribution < 1.29 is 9.53 Å². The predicted octanol–water partition coefficient (Wildman–Crippen LogP) is 4.03. The Hall–Kier alpha value is -1.27. The number of ether oxygens (including phenoxy) is 1. The van der Waals surface area contributed by atoms with Crippen LogP contribution in [0.5, 0.6) is 5.75 Å². The first-order valence-corrected chi connectivity index (χ1v) is 8.08. The van der Waals surface area contributed by atoms with Crippen molar-refractivity contribution in [1.82, 2.24) is 9.59 Å². The molecular formula is C15H17BrN2O2S. The quantitative estimate of drug-likeness (QED) is 0.764. The largest absolute Gasteiger partial charge is 0.497 e. The van der Waals surface area contributed by atoms with Gasteiger partial charge >= 0.3 is 0 Å². The zero-order chi connectivity index (χ0) is 15.6. The number of nitrogens with zero attached hydrogens (tertiary/aromatic N) is 2. The van der Waals surface area contributed by atoms with Gasteiger partial charge in [-0.15, -0.1) is 5.10 Å². The highest BCUT2D eigenvalue weighted by molar-refractivity contribution is 9.10. The van der Waals surface area contributed by atoms with Crippen LogP contribution in [0.15, 0.2) is 22.7 Å². The lowest BCUT2D eigenvalue weighted by atomic mass is 9.90. The maximum absolute atomic E-state index is 12.6. The molecule has 0 bridgehead atoms. The molecule has 1 aromatic heterocycles. The van der Waals surface area contributed by atoms with E-state index in [-0.39, 0.29) is 11.2 Å². The van der Waals surface area contributed by atoms with Gasteiger partial charge in [-0.2, -0.15) is 0 Å². The van der Waals surface area contributed by atoms with Gasteiger partial charge in [-0.05, 0) is 35.3 Å². The van der Waals surface area contributed by atoms with Crippen molar-refractivity contribution in [3.8, 4) is 5.75 Å². The number of hydrogen-bond acceptors (Lipinski definition) is 5. The number of halogens is 1. The van der Waals surface area contributed by atoms with Crippen molar-refractivity contribution in [2.45, 2.75) is 32.6 Å². The summed E-state index contributed by atoms with van der Waals surface area (Å²) in [5, 5.41) is 4.12. The van der Waals surface area contributed by atoms with E-state index < -0.39 is 0 Å². The van der Waals surface area contributed by atoms with Crippen LogP contribution < -0.4 is 4.74 Å². The molecule has 0 saturated carbocycles. The van der Waals surface area contributed by atoms with Crippen molar-refractivity contribution in [2.75, 3.05) is 7.11 Å². The Morgan fingerprint density at radius 3 is 2.71 bits per heavy atom. The summed E-state index contributed by atoms with van der Waals surface area (Å²) in [6.07, 6.45) is 0.296. The van der Waals surface area contributed by atoms with E-state index in [0.717, 1.165) is 33.0 Å². The molecule has 0 unspecified atom stereocenters. The highest BCUT2D eigenvalue weighted by atomic mass is 79.9. The van der Waals surface area contributed by atoms with Gasteiger partial charge in [-0.3, -0.25) is 4.79 Å². The highest BCUT2D eigenvalue weighted by Crippen LogP contribution is 2.29. The number of aromatic nitrogens is 2. The zero-order valence-electron chi connectivity index (χ0n) is 12.4. The van der Waals surface area contributed by atoms with Crippen LogP contribution in [0.3, 0.4) is 0 Å². The minimum absolute atomic E-state index is 0.0314. The molecule has 0 fully saturated rings. The predicted molar refractivity (Wildman–Crippen MR) is 87.3 cm³/mol. The van der Waals surface area contributed by atoms with E-state index in [1.807, 2.05) is 39.0 Å². The molecular weight excluding hydrogens is 352 g/mol. The van der Waals surface area contributed by atoms with E-state index in [2.05, 4.69) is 25.5 Å². The van der Waals surface area contributed by atoms with Gasteiger partial charge in [-0.1, -0.05) is 41.2 Å². The molecule has 2 aromatic rings. The summed E-state index contributed by atoms with van der Waals surface area (Å²) in [6, 6.07) is 5.61. The summed E-state index contributed by atoms with van der Waals surface area (Å²) in [7, 11) is 1.61. The topological polar surface area (TPSA) is 52.1 Å². The number of carbonyl (C=O) groups is 1. The van der Waals surface area contributed by atoms with Crippen LogP contribution in [0.1, 0.15) is 41.7 Å². The maximum Gasteiger partial charge on any atom is 0.180 e. The summed E-state index contributed by atoms with van der Waals surface area (Å²) < 4.78 is 10.0. The maximum atomic E-state index is 12.6. The molecule has 0 N–H and O–H groups in total.